The highest BCUT2D eigenvalue weighted by Crippen LogP contribution is 2.28. The van der Waals surface area contributed by atoms with Crippen molar-refractivity contribution in [2.24, 2.45) is 0 Å². The molecule has 2 aromatic rings. The molecular weight excluding hydrogens is 314 g/mol. The van der Waals surface area contributed by atoms with Crippen LogP contribution in [0, 0.1) is 0 Å². The van der Waals surface area contributed by atoms with Gasteiger partial charge < -0.3 is 14.8 Å². The average molecular weight is 337 g/mol. The number of hydrogen-bond acceptors (Lipinski definition) is 3. The lowest BCUT2D eigenvalue weighted by Gasteiger charge is -2.09. The zero-order valence-electron chi connectivity index (χ0n) is 14.4. The molecule has 0 aliphatic heterocycles. The Morgan fingerprint density at radius 3 is 2.68 bits per heavy atom. The largest absolute Gasteiger partial charge is 0.493 e. The second-order valence-electron chi connectivity index (χ2n) is 5.37. The molecule has 0 fully saturated rings. The monoisotopic (exact) mass is 337 g/mol. The Labute approximate surface area is 148 Å². The van der Waals surface area contributed by atoms with Gasteiger partial charge in [0.25, 0.3) is 0 Å². The SMILES string of the molecule is C=CCOc1ccc(/C=C/C(=O)NCCc2ccccc2)cc1OC. The first-order valence-electron chi connectivity index (χ1n) is 8.14. The van der Waals surface area contributed by atoms with Crippen molar-refractivity contribution in [1.29, 1.82) is 0 Å². The first-order chi connectivity index (χ1) is 12.2. The van der Waals surface area contributed by atoms with Crippen molar-refractivity contribution in [3.05, 3.63) is 78.4 Å². The van der Waals surface area contributed by atoms with Crippen LogP contribution in [-0.4, -0.2) is 26.2 Å². The Morgan fingerprint density at radius 2 is 1.96 bits per heavy atom. The van der Waals surface area contributed by atoms with Gasteiger partial charge in [-0.3, -0.25) is 4.79 Å². The number of carbonyl (C=O) groups excluding carboxylic acids is 1. The number of nitrogens with one attached hydrogen (secondary N) is 1. The van der Waals surface area contributed by atoms with Crippen LogP contribution in [0.5, 0.6) is 11.5 Å². The molecule has 0 heterocycles. The molecule has 2 rings (SSSR count). The minimum absolute atomic E-state index is 0.123. The molecule has 0 atom stereocenters. The molecule has 0 spiro atoms. The highest BCUT2D eigenvalue weighted by Gasteiger charge is 2.04. The van der Waals surface area contributed by atoms with Crippen molar-refractivity contribution in [3.8, 4) is 11.5 Å². The van der Waals surface area contributed by atoms with E-state index in [9.17, 15) is 4.79 Å². The van der Waals surface area contributed by atoms with E-state index in [1.54, 1.807) is 19.3 Å². The normalized spacial score (nSPS) is 10.4. The van der Waals surface area contributed by atoms with Gasteiger partial charge in [0.05, 0.1) is 7.11 Å². The molecule has 0 aromatic heterocycles. The molecule has 0 bridgehead atoms. The summed E-state index contributed by atoms with van der Waals surface area (Å²) in [5, 5.41) is 2.88. The Morgan fingerprint density at radius 1 is 1.16 bits per heavy atom. The minimum Gasteiger partial charge on any atom is -0.493 e. The van der Waals surface area contributed by atoms with Gasteiger partial charge >= 0.3 is 0 Å². The van der Waals surface area contributed by atoms with E-state index in [1.807, 2.05) is 48.5 Å². The molecule has 25 heavy (non-hydrogen) atoms. The van der Waals surface area contributed by atoms with E-state index in [1.165, 1.54) is 11.6 Å². The summed E-state index contributed by atoms with van der Waals surface area (Å²) in [6, 6.07) is 15.6. The number of hydrogen-bond donors (Lipinski definition) is 1. The van der Waals surface area contributed by atoms with E-state index >= 15 is 0 Å². The van der Waals surface area contributed by atoms with Crippen LogP contribution in [0.3, 0.4) is 0 Å². The highest BCUT2D eigenvalue weighted by atomic mass is 16.5. The maximum atomic E-state index is 11.9. The molecule has 1 amide bonds. The summed E-state index contributed by atoms with van der Waals surface area (Å²) in [4.78, 5) is 11.9. The Bertz CT molecular complexity index is 723. The smallest absolute Gasteiger partial charge is 0.244 e. The van der Waals surface area contributed by atoms with E-state index in [4.69, 9.17) is 9.47 Å². The van der Waals surface area contributed by atoms with E-state index in [0.717, 1.165) is 12.0 Å². The quantitative estimate of drug-likeness (QED) is 0.561. The zero-order chi connectivity index (χ0) is 17.9. The van der Waals surface area contributed by atoms with Crippen LogP contribution in [0.4, 0.5) is 0 Å². The van der Waals surface area contributed by atoms with Crippen molar-refractivity contribution in [2.75, 3.05) is 20.3 Å². The lowest BCUT2D eigenvalue weighted by Crippen LogP contribution is -2.23. The average Bonchev–Trinajstić information content (AvgIpc) is 2.65. The zero-order valence-corrected chi connectivity index (χ0v) is 14.4. The molecule has 1 N–H and O–H groups in total. The number of rotatable bonds is 9. The number of methoxy groups -OCH3 is 1. The topological polar surface area (TPSA) is 47.6 Å². The predicted molar refractivity (Wildman–Crippen MR) is 101 cm³/mol. The van der Waals surface area contributed by atoms with Crippen molar-refractivity contribution in [2.45, 2.75) is 6.42 Å². The molecule has 0 unspecified atom stereocenters. The van der Waals surface area contributed by atoms with E-state index < -0.39 is 0 Å². The number of benzene rings is 2. The summed E-state index contributed by atoms with van der Waals surface area (Å²) in [7, 11) is 1.58. The lowest BCUT2D eigenvalue weighted by atomic mass is 10.1. The summed E-state index contributed by atoms with van der Waals surface area (Å²) in [5.41, 5.74) is 2.06. The van der Waals surface area contributed by atoms with Gasteiger partial charge in [0.15, 0.2) is 11.5 Å². The third-order valence-corrected chi connectivity index (χ3v) is 3.53. The van der Waals surface area contributed by atoms with Crippen LogP contribution in [0.1, 0.15) is 11.1 Å². The summed E-state index contributed by atoms with van der Waals surface area (Å²) in [6.45, 7) is 4.63. The fourth-order valence-electron chi connectivity index (χ4n) is 2.26. The maximum Gasteiger partial charge on any atom is 0.244 e. The van der Waals surface area contributed by atoms with Crippen molar-refractivity contribution in [3.63, 3.8) is 0 Å². The third-order valence-electron chi connectivity index (χ3n) is 3.53. The predicted octanol–water partition coefficient (Wildman–Crippen LogP) is 3.63. The van der Waals surface area contributed by atoms with Gasteiger partial charge in [-0.25, -0.2) is 0 Å². The molecule has 0 saturated heterocycles. The molecular formula is C21H23NO3. The second-order valence-corrected chi connectivity index (χ2v) is 5.37. The summed E-state index contributed by atoms with van der Waals surface area (Å²) < 4.78 is 10.8. The summed E-state index contributed by atoms with van der Waals surface area (Å²) in [5.74, 6) is 1.14. The van der Waals surface area contributed by atoms with Crippen LogP contribution in [0.25, 0.3) is 6.08 Å². The number of amides is 1. The molecule has 0 saturated carbocycles. The first-order valence-corrected chi connectivity index (χ1v) is 8.14. The molecule has 0 aliphatic carbocycles. The third kappa shape index (κ3) is 6.18. The Balaban J connectivity index is 1.87. The molecule has 0 aliphatic rings. The fourth-order valence-corrected chi connectivity index (χ4v) is 2.26. The van der Waals surface area contributed by atoms with E-state index in [0.29, 0.717) is 24.7 Å². The summed E-state index contributed by atoms with van der Waals surface area (Å²) in [6.07, 6.45) is 5.75. The van der Waals surface area contributed by atoms with Crippen LogP contribution < -0.4 is 14.8 Å². The molecule has 130 valence electrons. The standard InChI is InChI=1S/C21H23NO3/c1-3-15-25-19-11-9-18(16-20(19)24-2)10-12-21(23)22-14-13-17-7-5-4-6-8-17/h3-12,16H,1,13-15H2,2H3,(H,22,23)/b12-10+. The van der Waals surface area contributed by atoms with Crippen molar-refractivity contribution in [1.82, 2.24) is 5.32 Å². The van der Waals surface area contributed by atoms with Gasteiger partial charge in [0.2, 0.25) is 5.91 Å². The molecule has 4 heteroatoms. The molecule has 0 radical (unpaired) electrons. The van der Waals surface area contributed by atoms with Gasteiger partial charge in [0, 0.05) is 12.6 Å². The van der Waals surface area contributed by atoms with Gasteiger partial charge in [-0.2, -0.15) is 0 Å². The Hall–Kier alpha value is -3.01. The van der Waals surface area contributed by atoms with E-state index in [2.05, 4.69) is 11.9 Å². The summed E-state index contributed by atoms with van der Waals surface area (Å²) >= 11 is 0. The van der Waals surface area contributed by atoms with Crippen LogP contribution >= 0.6 is 0 Å². The van der Waals surface area contributed by atoms with E-state index in [-0.39, 0.29) is 5.91 Å². The van der Waals surface area contributed by atoms with Crippen LogP contribution in [0.15, 0.2) is 67.3 Å². The molecule has 4 nitrogen and oxygen atoms in total. The van der Waals surface area contributed by atoms with Crippen molar-refractivity contribution < 1.29 is 14.3 Å². The lowest BCUT2D eigenvalue weighted by molar-refractivity contribution is -0.116. The van der Waals surface area contributed by atoms with Crippen LogP contribution in [-0.2, 0) is 11.2 Å². The van der Waals surface area contributed by atoms with Gasteiger partial charge in [-0.15, -0.1) is 0 Å². The van der Waals surface area contributed by atoms with Gasteiger partial charge in [-0.1, -0.05) is 49.1 Å². The molecule has 2 aromatic carbocycles. The highest BCUT2D eigenvalue weighted by molar-refractivity contribution is 5.91. The van der Waals surface area contributed by atoms with Gasteiger partial charge in [0.1, 0.15) is 6.61 Å². The number of ether oxygens (including phenoxy) is 2. The fraction of sp³-hybridized carbons (Fsp3) is 0.190. The first kappa shape index (κ1) is 18.3. The minimum atomic E-state index is -0.123. The Kier molecular flexibility index (Phi) is 7.32. The van der Waals surface area contributed by atoms with Crippen LogP contribution in [0.2, 0.25) is 0 Å². The second kappa shape index (κ2) is 9.98. The maximum absolute atomic E-state index is 11.9. The van der Waals surface area contributed by atoms with Gasteiger partial charge in [-0.05, 0) is 35.8 Å². The number of carbonyl (C=O) groups is 1. The van der Waals surface area contributed by atoms with Crippen molar-refractivity contribution >= 4 is 12.0 Å².